The SMILES string of the molecule is Cc1nn(C)c2c1nc(C(C)Cl)n2CC1CCCO1. The van der Waals surface area contributed by atoms with Gasteiger partial charge in [0.2, 0.25) is 0 Å². The van der Waals surface area contributed by atoms with Crippen molar-refractivity contribution in [3.05, 3.63) is 11.5 Å². The lowest BCUT2D eigenvalue weighted by molar-refractivity contribution is 0.0969. The summed E-state index contributed by atoms with van der Waals surface area (Å²) in [7, 11) is 1.95. The highest BCUT2D eigenvalue weighted by atomic mass is 35.5. The zero-order valence-corrected chi connectivity index (χ0v) is 12.3. The number of fused-ring (bicyclic) bond motifs is 1. The van der Waals surface area contributed by atoms with E-state index in [1.54, 1.807) is 0 Å². The van der Waals surface area contributed by atoms with Crippen LogP contribution in [0.4, 0.5) is 0 Å². The lowest BCUT2D eigenvalue weighted by Gasteiger charge is -2.15. The van der Waals surface area contributed by atoms with Crippen LogP contribution in [-0.2, 0) is 18.3 Å². The average molecular weight is 283 g/mol. The molecule has 1 fully saturated rings. The van der Waals surface area contributed by atoms with Crippen molar-refractivity contribution < 1.29 is 4.74 Å². The highest BCUT2D eigenvalue weighted by Gasteiger charge is 2.24. The van der Waals surface area contributed by atoms with Crippen molar-refractivity contribution in [2.75, 3.05) is 6.61 Å². The van der Waals surface area contributed by atoms with Crippen LogP contribution in [0.15, 0.2) is 0 Å². The molecule has 0 aromatic carbocycles. The van der Waals surface area contributed by atoms with Gasteiger partial charge in [-0.2, -0.15) is 5.10 Å². The Morgan fingerprint density at radius 2 is 2.32 bits per heavy atom. The first kappa shape index (κ1) is 12.9. The van der Waals surface area contributed by atoms with Crippen LogP contribution >= 0.6 is 11.6 Å². The zero-order valence-electron chi connectivity index (χ0n) is 11.6. The molecule has 0 radical (unpaired) electrons. The third-order valence-corrected chi connectivity index (χ3v) is 3.88. The van der Waals surface area contributed by atoms with E-state index in [1.807, 2.05) is 25.6 Å². The molecule has 0 saturated carbocycles. The van der Waals surface area contributed by atoms with Crippen molar-refractivity contribution in [2.45, 2.75) is 44.7 Å². The van der Waals surface area contributed by atoms with Gasteiger partial charge in [-0.05, 0) is 26.7 Å². The minimum Gasteiger partial charge on any atom is -0.376 e. The number of hydrogen-bond acceptors (Lipinski definition) is 3. The summed E-state index contributed by atoms with van der Waals surface area (Å²) in [6.45, 7) is 5.60. The molecule has 2 aromatic heterocycles. The van der Waals surface area contributed by atoms with Crippen molar-refractivity contribution >= 4 is 22.8 Å². The molecule has 2 atom stereocenters. The number of imidazole rings is 1. The maximum atomic E-state index is 6.27. The van der Waals surface area contributed by atoms with Crippen LogP contribution in [-0.4, -0.2) is 32.0 Å². The monoisotopic (exact) mass is 282 g/mol. The molecule has 0 amide bonds. The quantitative estimate of drug-likeness (QED) is 0.813. The van der Waals surface area contributed by atoms with Crippen molar-refractivity contribution in [3.63, 3.8) is 0 Å². The van der Waals surface area contributed by atoms with E-state index in [9.17, 15) is 0 Å². The first-order valence-electron chi connectivity index (χ1n) is 6.73. The lowest BCUT2D eigenvalue weighted by Crippen LogP contribution is -2.18. The van der Waals surface area contributed by atoms with E-state index in [-0.39, 0.29) is 11.5 Å². The minimum absolute atomic E-state index is 0.117. The van der Waals surface area contributed by atoms with Crippen molar-refractivity contribution in [1.82, 2.24) is 19.3 Å². The molecular weight excluding hydrogens is 264 g/mol. The molecule has 3 rings (SSSR count). The predicted molar refractivity (Wildman–Crippen MR) is 74.5 cm³/mol. The molecular formula is C13H19ClN4O. The standard InChI is InChI=1S/C13H19ClN4O/c1-8(14)12-15-11-9(2)16-17(3)13(11)18(12)7-10-5-4-6-19-10/h8,10H,4-7H2,1-3H3. The van der Waals surface area contributed by atoms with Crippen LogP contribution in [0.25, 0.3) is 11.2 Å². The second kappa shape index (κ2) is 4.80. The molecule has 2 aromatic rings. The van der Waals surface area contributed by atoms with Gasteiger partial charge in [0.25, 0.3) is 0 Å². The number of nitrogens with zero attached hydrogens (tertiary/aromatic N) is 4. The molecule has 1 aliphatic heterocycles. The van der Waals surface area contributed by atoms with E-state index >= 15 is 0 Å². The summed E-state index contributed by atoms with van der Waals surface area (Å²) in [6, 6.07) is 0. The fourth-order valence-corrected chi connectivity index (χ4v) is 2.99. The summed E-state index contributed by atoms with van der Waals surface area (Å²) in [4.78, 5) is 4.67. The van der Waals surface area contributed by atoms with Crippen LogP contribution in [0.5, 0.6) is 0 Å². The van der Waals surface area contributed by atoms with Gasteiger partial charge in [0.05, 0.1) is 23.7 Å². The Bertz CT molecular complexity index is 595. The van der Waals surface area contributed by atoms with Crippen molar-refractivity contribution in [2.24, 2.45) is 7.05 Å². The highest BCUT2D eigenvalue weighted by Crippen LogP contribution is 2.27. The predicted octanol–water partition coefficient (Wildman–Crippen LogP) is 2.56. The van der Waals surface area contributed by atoms with Gasteiger partial charge in [0, 0.05) is 13.7 Å². The average Bonchev–Trinajstić information content (AvgIpc) is 3.00. The minimum atomic E-state index is -0.117. The summed E-state index contributed by atoms with van der Waals surface area (Å²) in [6.07, 6.45) is 2.51. The van der Waals surface area contributed by atoms with Gasteiger partial charge in [-0.25, -0.2) is 4.98 Å². The Hall–Kier alpha value is -1.07. The Morgan fingerprint density at radius 3 is 2.95 bits per heavy atom. The number of halogens is 1. The molecule has 1 aliphatic rings. The largest absolute Gasteiger partial charge is 0.376 e. The smallest absolute Gasteiger partial charge is 0.158 e. The molecule has 19 heavy (non-hydrogen) atoms. The summed E-state index contributed by atoms with van der Waals surface area (Å²) in [5.74, 6) is 0.906. The molecule has 0 N–H and O–H groups in total. The van der Waals surface area contributed by atoms with Crippen LogP contribution in [0.2, 0.25) is 0 Å². The zero-order chi connectivity index (χ0) is 13.6. The van der Waals surface area contributed by atoms with Crippen molar-refractivity contribution in [1.29, 1.82) is 0 Å². The first-order chi connectivity index (χ1) is 9.08. The van der Waals surface area contributed by atoms with Crippen LogP contribution < -0.4 is 0 Å². The van der Waals surface area contributed by atoms with E-state index in [1.165, 1.54) is 0 Å². The van der Waals surface area contributed by atoms with E-state index in [0.29, 0.717) is 0 Å². The number of aromatic nitrogens is 4. The van der Waals surface area contributed by atoms with Gasteiger partial charge in [-0.3, -0.25) is 4.68 Å². The normalized spacial score (nSPS) is 21.4. The second-order valence-corrected chi connectivity index (χ2v) is 5.87. The summed E-state index contributed by atoms with van der Waals surface area (Å²) in [5, 5.41) is 4.32. The third-order valence-electron chi connectivity index (χ3n) is 3.69. The molecule has 0 spiro atoms. The van der Waals surface area contributed by atoms with Crippen LogP contribution in [0.3, 0.4) is 0 Å². The lowest BCUT2D eigenvalue weighted by atomic mass is 10.2. The second-order valence-electron chi connectivity index (χ2n) is 5.21. The Labute approximate surface area is 117 Å². The van der Waals surface area contributed by atoms with Gasteiger partial charge in [0.1, 0.15) is 11.3 Å². The number of aryl methyl sites for hydroxylation is 2. The van der Waals surface area contributed by atoms with E-state index in [0.717, 1.165) is 48.7 Å². The third kappa shape index (κ3) is 2.15. The molecule has 6 heteroatoms. The van der Waals surface area contributed by atoms with E-state index in [4.69, 9.17) is 16.3 Å². The van der Waals surface area contributed by atoms with Gasteiger partial charge in [-0.1, -0.05) is 0 Å². The van der Waals surface area contributed by atoms with Gasteiger partial charge in [-0.15, -0.1) is 11.6 Å². The van der Waals surface area contributed by atoms with Crippen LogP contribution in [0.1, 0.15) is 36.7 Å². The summed E-state index contributed by atoms with van der Waals surface area (Å²) in [5.41, 5.74) is 2.93. The molecule has 1 saturated heterocycles. The highest BCUT2D eigenvalue weighted by molar-refractivity contribution is 6.20. The number of hydrogen-bond donors (Lipinski definition) is 0. The molecule has 5 nitrogen and oxygen atoms in total. The number of alkyl halides is 1. The fourth-order valence-electron chi connectivity index (χ4n) is 2.83. The molecule has 0 bridgehead atoms. The maximum Gasteiger partial charge on any atom is 0.158 e. The molecule has 0 aliphatic carbocycles. The number of rotatable bonds is 3. The summed E-state index contributed by atoms with van der Waals surface area (Å²) >= 11 is 6.27. The van der Waals surface area contributed by atoms with E-state index < -0.39 is 0 Å². The van der Waals surface area contributed by atoms with Crippen molar-refractivity contribution in [3.8, 4) is 0 Å². The molecule has 104 valence electrons. The maximum absolute atomic E-state index is 6.27. The molecule has 3 heterocycles. The first-order valence-corrected chi connectivity index (χ1v) is 7.17. The van der Waals surface area contributed by atoms with E-state index in [2.05, 4.69) is 14.6 Å². The van der Waals surface area contributed by atoms with Gasteiger partial charge >= 0.3 is 0 Å². The Kier molecular flexibility index (Phi) is 3.27. The van der Waals surface area contributed by atoms with Gasteiger partial charge < -0.3 is 9.30 Å². The summed E-state index contributed by atoms with van der Waals surface area (Å²) < 4.78 is 9.79. The Morgan fingerprint density at radius 1 is 1.53 bits per heavy atom. The molecule has 2 unspecified atom stereocenters. The fraction of sp³-hybridized carbons (Fsp3) is 0.692. The van der Waals surface area contributed by atoms with Gasteiger partial charge in [0.15, 0.2) is 5.65 Å². The topological polar surface area (TPSA) is 44.9 Å². The number of ether oxygens (including phenoxy) is 1. The van der Waals surface area contributed by atoms with Crippen LogP contribution in [0, 0.1) is 6.92 Å². The Balaban J connectivity index is 2.09.